The monoisotopic (exact) mass is 329 g/mol. The number of aryl methyl sites for hydroxylation is 2. The summed E-state index contributed by atoms with van der Waals surface area (Å²) in [7, 11) is -1.92. The molecular formula is C11H12BrN3O2S. The fourth-order valence-corrected chi connectivity index (χ4v) is 3.21. The third-order valence-corrected chi connectivity index (χ3v) is 4.23. The Morgan fingerprint density at radius 3 is 2.67 bits per heavy atom. The van der Waals surface area contributed by atoms with Gasteiger partial charge in [0.25, 0.3) is 10.0 Å². The van der Waals surface area contributed by atoms with Crippen LogP contribution >= 0.6 is 15.9 Å². The van der Waals surface area contributed by atoms with Crippen LogP contribution in [0.25, 0.3) is 0 Å². The Labute approximate surface area is 114 Å². The molecule has 0 amide bonds. The number of nitrogens with one attached hydrogen (secondary N) is 1. The number of halogens is 1. The van der Waals surface area contributed by atoms with Crippen LogP contribution in [0.15, 0.2) is 40.2 Å². The average Bonchev–Trinajstić information content (AvgIpc) is 2.70. The predicted octanol–water partition coefficient (Wildman–Crippen LogP) is 2.29. The molecule has 1 heterocycles. The zero-order valence-corrected chi connectivity index (χ0v) is 12.3. The number of anilines is 1. The van der Waals surface area contributed by atoms with E-state index in [-0.39, 0.29) is 5.03 Å². The van der Waals surface area contributed by atoms with Gasteiger partial charge in [-0.25, -0.2) is 4.98 Å². The highest BCUT2D eigenvalue weighted by molar-refractivity contribution is 9.10. The summed E-state index contributed by atoms with van der Waals surface area (Å²) in [4.78, 5) is 3.83. The van der Waals surface area contributed by atoms with E-state index in [4.69, 9.17) is 0 Å². The topological polar surface area (TPSA) is 64.0 Å². The SMILES string of the molecule is Cc1ccc(NS(=O)(=O)c2cn(C)cn2)c(Br)c1. The van der Waals surface area contributed by atoms with Gasteiger partial charge in [0, 0.05) is 17.7 Å². The number of hydrogen-bond acceptors (Lipinski definition) is 3. The molecule has 0 atom stereocenters. The Morgan fingerprint density at radius 2 is 2.11 bits per heavy atom. The van der Waals surface area contributed by atoms with Crippen LogP contribution < -0.4 is 4.72 Å². The van der Waals surface area contributed by atoms with Crippen LogP contribution in [0.3, 0.4) is 0 Å². The first-order valence-corrected chi connectivity index (χ1v) is 7.43. The number of nitrogens with zero attached hydrogens (tertiary/aromatic N) is 2. The first kappa shape index (κ1) is 13.1. The molecule has 96 valence electrons. The fourth-order valence-electron chi connectivity index (χ4n) is 1.43. The Hall–Kier alpha value is -1.34. The molecule has 0 aliphatic carbocycles. The van der Waals surface area contributed by atoms with Crippen molar-refractivity contribution in [3.05, 3.63) is 40.8 Å². The van der Waals surface area contributed by atoms with Crippen molar-refractivity contribution >= 4 is 31.6 Å². The quantitative estimate of drug-likeness (QED) is 0.939. The van der Waals surface area contributed by atoms with Gasteiger partial charge in [-0.1, -0.05) is 6.07 Å². The molecule has 0 fully saturated rings. The summed E-state index contributed by atoms with van der Waals surface area (Å²) in [6.45, 7) is 1.93. The van der Waals surface area contributed by atoms with E-state index < -0.39 is 10.0 Å². The fraction of sp³-hybridized carbons (Fsp3) is 0.182. The van der Waals surface area contributed by atoms with E-state index in [1.807, 2.05) is 19.1 Å². The first-order valence-electron chi connectivity index (χ1n) is 5.15. The van der Waals surface area contributed by atoms with E-state index in [0.29, 0.717) is 10.2 Å². The second-order valence-corrected chi connectivity index (χ2v) is 6.45. The molecule has 1 aromatic heterocycles. The third-order valence-electron chi connectivity index (χ3n) is 2.33. The van der Waals surface area contributed by atoms with Crippen molar-refractivity contribution in [3.63, 3.8) is 0 Å². The van der Waals surface area contributed by atoms with Crippen molar-refractivity contribution in [1.82, 2.24) is 9.55 Å². The first-order chi connectivity index (χ1) is 8.38. The number of aromatic nitrogens is 2. The second kappa shape index (κ2) is 4.74. The summed E-state index contributed by atoms with van der Waals surface area (Å²) in [6, 6.07) is 5.39. The molecule has 0 unspecified atom stereocenters. The number of rotatable bonds is 3. The maximum atomic E-state index is 12.0. The molecular weight excluding hydrogens is 318 g/mol. The molecule has 18 heavy (non-hydrogen) atoms. The maximum absolute atomic E-state index is 12.0. The Kier molecular flexibility index (Phi) is 3.45. The average molecular weight is 330 g/mol. The number of benzene rings is 1. The molecule has 1 aromatic carbocycles. The van der Waals surface area contributed by atoms with Gasteiger partial charge in [-0.05, 0) is 40.5 Å². The lowest BCUT2D eigenvalue weighted by Crippen LogP contribution is -2.13. The zero-order chi connectivity index (χ0) is 13.3. The number of imidazole rings is 1. The molecule has 2 aromatic rings. The van der Waals surface area contributed by atoms with Crippen LogP contribution in [0.2, 0.25) is 0 Å². The van der Waals surface area contributed by atoms with Gasteiger partial charge in [0.05, 0.1) is 12.0 Å². The third kappa shape index (κ3) is 2.73. The Bertz CT molecular complexity index is 679. The summed E-state index contributed by atoms with van der Waals surface area (Å²) in [5.74, 6) is 0. The summed E-state index contributed by atoms with van der Waals surface area (Å²) in [5, 5.41) is -0.00234. The highest BCUT2D eigenvalue weighted by atomic mass is 79.9. The molecule has 7 heteroatoms. The molecule has 0 aliphatic rings. The Balaban J connectivity index is 2.33. The summed E-state index contributed by atoms with van der Waals surface area (Å²) in [5.41, 5.74) is 1.54. The standard InChI is InChI=1S/C11H12BrN3O2S/c1-8-3-4-10(9(12)5-8)14-18(16,17)11-6-15(2)7-13-11/h3-7,14H,1-2H3. The van der Waals surface area contributed by atoms with Gasteiger partial charge in [-0.3, -0.25) is 4.72 Å². The number of hydrogen-bond donors (Lipinski definition) is 1. The van der Waals surface area contributed by atoms with Gasteiger partial charge in [-0.2, -0.15) is 8.42 Å². The molecule has 0 bridgehead atoms. The highest BCUT2D eigenvalue weighted by Gasteiger charge is 2.18. The molecule has 0 aliphatic heterocycles. The molecule has 0 saturated heterocycles. The van der Waals surface area contributed by atoms with Crippen LogP contribution in [0.1, 0.15) is 5.56 Å². The minimum atomic E-state index is -3.64. The van der Waals surface area contributed by atoms with Gasteiger partial charge < -0.3 is 4.57 Å². The minimum Gasteiger partial charge on any atom is -0.339 e. The molecule has 0 radical (unpaired) electrons. The van der Waals surface area contributed by atoms with E-state index in [1.165, 1.54) is 12.5 Å². The minimum absolute atomic E-state index is 0.00234. The molecule has 5 nitrogen and oxygen atoms in total. The van der Waals surface area contributed by atoms with Crippen LogP contribution in [-0.4, -0.2) is 18.0 Å². The van der Waals surface area contributed by atoms with Crippen LogP contribution in [-0.2, 0) is 17.1 Å². The van der Waals surface area contributed by atoms with E-state index in [2.05, 4.69) is 25.6 Å². The van der Waals surface area contributed by atoms with Crippen LogP contribution in [0.4, 0.5) is 5.69 Å². The van der Waals surface area contributed by atoms with E-state index in [9.17, 15) is 8.42 Å². The normalized spacial score (nSPS) is 11.5. The smallest absolute Gasteiger partial charge is 0.280 e. The van der Waals surface area contributed by atoms with Crippen LogP contribution in [0.5, 0.6) is 0 Å². The van der Waals surface area contributed by atoms with Gasteiger partial charge in [0.2, 0.25) is 0 Å². The van der Waals surface area contributed by atoms with Crippen molar-refractivity contribution in [2.75, 3.05) is 4.72 Å². The van der Waals surface area contributed by atoms with Crippen molar-refractivity contribution in [1.29, 1.82) is 0 Å². The summed E-state index contributed by atoms with van der Waals surface area (Å²) in [6.07, 6.45) is 2.89. The Morgan fingerprint density at radius 1 is 1.39 bits per heavy atom. The molecule has 0 spiro atoms. The van der Waals surface area contributed by atoms with Crippen molar-refractivity contribution in [3.8, 4) is 0 Å². The van der Waals surface area contributed by atoms with E-state index in [0.717, 1.165) is 5.56 Å². The van der Waals surface area contributed by atoms with E-state index in [1.54, 1.807) is 17.7 Å². The van der Waals surface area contributed by atoms with Gasteiger partial charge >= 0.3 is 0 Å². The predicted molar refractivity (Wildman–Crippen MR) is 72.9 cm³/mol. The van der Waals surface area contributed by atoms with Crippen molar-refractivity contribution < 1.29 is 8.42 Å². The molecule has 0 saturated carbocycles. The van der Waals surface area contributed by atoms with Crippen molar-refractivity contribution in [2.24, 2.45) is 7.05 Å². The van der Waals surface area contributed by atoms with Gasteiger partial charge in [0.15, 0.2) is 5.03 Å². The maximum Gasteiger partial charge on any atom is 0.280 e. The molecule has 1 N–H and O–H groups in total. The van der Waals surface area contributed by atoms with E-state index >= 15 is 0 Å². The van der Waals surface area contributed by atoms with Crippen molar-refractivity contribution in [2.45, 2.75) is 11.9 Å². The zero-order valence-electron chi connectivity index (χ0n) is 9.88. The lowest BCUT2D eigenvalue weighted by Gasteiger charge is -2.08. The van der Waals surface area contributed by atoms with Crippen LogP contribution in [0, 0.1) is 6.92 Å². The van der Waals surface area contributed by atoms with Gasteiger partial charge in [-0.15, -0.1) is 0 Å². The number of sulfonamides is 1. The molecule has 2 rings (SSSR count). The largest absolute Gasteiger partial charge is 0.339 e. The van der Waals surface area contributed by atoms with Gasteiger partial charge in [0.1, 0.15) is 0 Å². The lowest BCUT2D eigenvalue weighted by molar-refractivity contribution is 0.598. The lowest BCUT2D eigenvalue weighted by atomic mass is 10.2. The summed E-state index contributed by atoms with van der Waals surface area (Å²) < 4.78 is 28.9. The highest BCUT2D eigenvalue weighted by Crippen LogP contribution is 2.25. The summed E-state index contributed by atoms with van der Waals surface area (Å²) >= 11 is 3.32. The second-order valence-electron chi connectivity index (χ2n) is 3.97.